The molecule has 1 rings (SSSR count). The summed E-state index contributed by atoms with van der Waals surface area (Å²) in [4.78, 5) is 23.2. The van der Waals surface area contributed by atoms with E-state index in [1.165, 1.54) is 4.90 Å². The van der Waals surface area contributed by atoms with Crippen LogP contribution in [0.15, 0.2) is 11.4 Å². The van der Waals surface area contributed by atoms with E-state index in [9.17, 15) is 14.8 Å². The molecule has 0 spiro atoms. The number of primary amides is 1. The van der Waals surface area contributed by atoms with Gasteiger partial charge >= 0.3 is 5.97 Å². The number of allylic oxidation sites excluding steroid dienone is 2. The summed E-state index contributed by atoms with van der Waals surface area (Å²) in [7, 11) is 0. The highest BCUT2D eigenvalue weighted by Gasteiger charge is 2.34. The van der Waals surface area contributed by atoms with Crippen molar-refractivity contribution in [2.24, 2.45) is 5.73 Å². The van der Waals surface area contributed by atoms with Gasteiger partial charge < -0.3 is 26.0 Å². The van der Waals surface area contributed by atoms with E-state index in [4.69, 9.17) is 10.8 Å². The molecule has 7 heteroatoms. The molecule has 0 bridgehead atoms. The normalized spacial score (nSPS) is 22.4. The number of quaternary nitrogens is 1. The molecule has 0 saturated heterocycles. The average molecular weight is 229 g/mol. The summed E-state index contributed by atoms with van der Waals surface area (Å²) in [5.41, 5.74) is 6.12. The largest absolute Gasteiger partial charge is 0.628 e. The summed E-state index contributed by atoms with van der Waals surface area (Å²) in [5, 5.41) is 20.3. The van der Waals surface area contributed by atoms with Gasteiger partial charge in [-0.1, -0.05) is 0 Å². The minimum absolute atomic E-state index is 0.00190. The summed E-state index contributed by atoms with van der Waals surface area (Å²) in [6.45, 7) is 3.31. The Bertz CT molecular complexity index is 353. The molecule has 0 aromatic rings. The van der Waals surface area contributed by atoms with Crippen molar-refractivity contribution in [2.45, 2.75) is 26.3 Å². The van der Waals surface area contributed by atoms with E-state index in [-0.39, 0.29) is 18.2 Å². The molecule has 1 heterocycles. The van der Waals surface area contributed by atoms with Gasteiger partial charge in [0.25, 0.3) is 0 Å². The molecule has 4 N–H and O–H groups in total. The van der Waals surface area contributed by atoms with Gasteiger partial charge in [0.05, 0.1) is 12.1 Å². The van der Waals surface area contributed by atoms with Gasteiger partial charge in [-0.05, 0) is 6.92 Å². The highest BCUT2D eigenvalue weighted by molar-refractivity contribution is 5.83. The van der Waals surface area contributed by atoms with Gasteiger partial charge in [0.1, 0.15) is 11.7 Å². The van der Waals surface area contributed by atoms with Crippen LogP contribution in [-0.4, -0.2) is 34.6 Å². The third-order valence-electron chi connectivity index (χ3n) is 2.76. The van der Waals surface area contributed by atoms with Crippen LogP contribution < -0.4 is 10.8 Å². The van der Waals surface area contributed by atoms with E-state index in [0.717, 1.165) is 0 Å². The summed E-state index contributed by atoms with van der Waals surface area (Å²) in [6, 6.07) is -1.06. The lowest BCUT2D eigenvalue weighted by atomic mass is 10.1. The zero-order valence-electron chi connectivity index (χ0n) is 9.19. The van der Waals surface area contributed by atoms with Gasteiger partial charge in [-0.15, -0.1) is 0 Å². The average Bonchev–Trinajstić information content (AvgIpc) is 2.42. The first-order valence-corrected chi connectivity index (χ1v) is 4.83. The van der Waals surface area contributed by atoms with Crippen LogP contribution in [0.2, 0.25) is 0 Å². The molecular formula is C9H15N3O4. The first kappa shape index (κ1) is 12.5. The van der Waals surface area contributed by atoms with E-state index >= 15 is 0 Å². The van der Waals surface area contributed by atoms with Gasteiger partial charge in [0.2, 0.25) is 5.91 Å². The second-order valence-electron chi connectivity index (χ2n) is 3.79. The number of rotatable bonds is 4. The van der Waals surface area contributed by atoms with Crippen molar-refractivity contribution in [2.75, 3.05) is 6.67 Å². The minimum Gasteiger partial charge on any atom is -0.628 e. The summed E-state index contributed by atoms with van der Waals surface area (Å²) >= 11 is 0. The van der Waals surface area contributed by atoms with Gasteiger partial charge in [0, 0.05) is 6.92 Å². The van der Waals surface area contributed by atoms with E-state index in [2.05, 4.69) is 0 Å². The number of carboxylic acids is 1. The number of amides is 1. The lowest BCUT2D eigenvalue weighted by Gasteiger charge is -2.26. The fourth-order valence-electron chi connectivity index (χ4n) is 1.67. The van der Waals surface area contributed by atoms with Crippen molar-refractivity contribution < 1.29 is 19.8 Å². The number of nitrogens with one attached hydrogen (secondary N) is 1. The van der Waals surface area contributed by atoms with Crippen molar-refractivity contribution in [3.8, 4) is 0 Å². The summed E-state index contributed by atoms with van der Waals surface area (Å²) < 4.78 is 0. The molecule has 1 amide bonds. The lowest BCUT2D eigenvalue weighted by molar-refractivity contribution is -0.808. The van der Waals surface area contributed by atoms with E-state index in [0.29, 0.717) is 11.4 Å². The Morgan fingerprint density at radius 3 is 2.50 bits per heavy atom. The number of hydrogen-bond acceptors (Lipinski definition) is 4. The molecule has 0 aliphatic carbocycles. The fraction of sp³-hybridized carbons (Fsp3) is 0.556. The SMILES string of the molecule is CC1=C(C)[NH+]([O-])CN1[C@@H](CC(N)=O)C(=O)O. The molecule has 0 fully saturated rings. The first-order valence-electron chi connectivity index (χ1n) is 4.83. The Kier molecular flexibility index (Phi) is 3.51. The molecule has 0 saturated carbocycles. The van der Waals surface area contributed by atoms with Crippen molar-refractivity contribution in [1.29, 1.82) is 0 Å². The van der Waals surface area contributed by atoms with Crippen molar-refractivity contribution in [3.05, 3.63) is 16.6 Å². The number of nitrogens with two attached hydrogens (primary N) is 1. The maximum absolute atomic E-state index is 11.4. The first-order chi connectivity index (χ1) is 7.34. The Labute approximate surface area is 92.7 Å². The van der Waals surface area contributed by atoms with Crippen LogP contribution in [0.25, 0.3) is 0 Å². The number of carbonyl (C=O) groups excluding carboxylic acids is 1. The number of carboxylic acid groups (broad SMARTS) is 1. The summed E-state index contributed by atoms with van der Waals surface area (Å²) in [6.07, 6.45) is -0.298. The molecular weight excluding hydrogens is 214 g/mol. The highest BCUT2D eigenvalue weighted by Crippen LogP contribution is 2.16. The van der Waals surface area contributed by atoms with Crippen LogP contribution in [0.1, 0.15) is 20.3 Å². The fourth-order valence-corrected chi connectivity index (χ4v) is 1.67. The molecule has 2 atom stereocenters. The van der Waals surface area contributed by atoms with Crippen LogP contribution in [0, 0.1) is 5.21 Å². The van der Waals surface area contributed by atoms with Gasteiger partial charge in [0.15, 0.2) is 6.67 Å². The summed E-state index contributed by atoms with van der Waals surface area (Å²) in [5.74, 6) is -1.85. The second-order valence-corrected chi connectivity index (χ2v) is 3.79. The molecule has 7 nitrogen and oxygen atoms in total. The third-order valence-corrected chi connectivity index (χ3v) is 2.76. The van der Waals surface area contributed by atoms with Crippen molar-refractivity contribution in [3.63, 3.8) is 0 Å². The molecule has 0 aromatic heterocycles. The Morgan fingerprint density at radius 1 is 1.62 bits per heavy atom. The number of aliphatic carboxylic acids is 1. The monoisotopic (exact) mass is 229 g/mol. The molecule has 0 radical (unpaired) electrons. The van der Waals surface area contributed by atoms with E-state index < -0.39 is 17.9 Å². The van der Waals surface area contributed by atoms with Crippen molar-refractivity contribution >= 4 is 11.9 Å². The standard InChI is InChI=1S/C9H15N3O4/c1-5-6(2)12(16)4-11(5)7(9(14)15)3-8(10)13/h7,12H,3-4H2,1-2H3,(H2,10,13)(H,14,15)/t7-/m0/s1. The number of carbonyl (C=O) groups is 2. The molecule has 1 unspecified atom stereocenters. The molecule has 16 heavy (non-hydrogen) atoms. The topological polar surface area (TPSA) is 111 Å². The predicted molar refractivity (Wildman–Crippen MR) is 54.6 cm³/mol. The minimum atomic E-state index is -1.15. The van der Waals surface area contributed by atoms with E-state index in [1.807, 2.05) is 0 Å². The van der Waals surface area contributed by atoms with Crippen molar-refractivity contribution in [1.82, 2.24) is 4.90 Å². The lowest BCUT2D eigenvalue weighted by Crippen LogP contribution is -3.04. The van der Waals surface area contributed by atoms with Gasteiger partial charge in [-0.3, -0.25) is 4.79 Å². The number of hydrogen-bond donors (Lipinski definition) is 3. The Hall–Kier alpha value is -1.60. The van der Waals surface area contributed by atoms with Crippen LogP contribution in [0.4, 0.5) is 0 Å². The zero-order chi connectivity index (χ0) is 12.5. The second kappa shape index (κ2) is 4.50. The maximum Gasteiger partial charge on any atom is 0.327 e. The Morgan fingerprint density at radius 2 is 2.19 bits per heavy atom. The molecule has 1 aliphatic heterocycles. The molecule has 0 aromatic carbocycles. The van der Waals surface area contributed by atoms with Crippen LogP contribution in [0.3, 0.4) is 0 Å². The quantitative estimate of drug-likeness (QED) is 0.494. The highest BCUT2D eigenvalue weighted by atomic mass is 16.5. The van der Waals surface area contributed by atoms with Gasteiger partial charge in [-0.2, -0.15) is 0 Å². The maximum atomic E-state index is 11.4. The number of hydroxylamine groups is 2. The van der Waals surface area contributed by atoms with Gasteiger partial charge in [-0.25, -0.2) is 4.79 Å². The number of nitrogens with zero attached hydrogens (tertiary/aromatic N) is 1. The smallest absolute Gasteiger partial charge is 0.327 e. The molecule has 90 valence electrons. The Balaban J connectivity index is 2.90. The third kappa shape index (κ3) is 2.31. The van der Waals surface area contributed by atoms with Crippen LogP contribution in [0.5, 0.6) is 0 Å². The van der Waals surface area contributed by atoms with Crippen LogP contribution in [-0.2, 0) is 9.59 Å². The predicted octanol–water partition coefficient (Wildman–Crippen LogP) is -1.78. The van der Waals surface area contributed by atoms with Crippen LogP contribution >= 0.6 is 0 Å². The zero-order valence-corrected chi connectivity index (χ0v) is 9.19. The van der Waals surface area contributed by atoms with E-state index in [1.54, 1.807) is 13.8 Å². The molecule has 1 aliphatic rings.